The minimum Gasteiger partial charge on any atom is -0.472 e. The molecule has 0 N–H and O–H groups in total. The number of halogens is 1. The summed E-state index contributed by atoms with van der Waals surface area (Å²) in [5.41, 5.74) is 0.750. The van der Waals surface area contributed by atoms with E-state index in [1.807, 2.05) is 11.9 Å². The number of amides is 2. The van der Waals surface area contributed by atoms with Gasteiger partial charge in [-0.15, -0.1) is 0 Å². The minimum absolute atomic E-state index is 0.0664. The van der Waals surface area contributed by atoms with Crippen LogP contribution in [0, 0.1) is 5.82 Å². The number of hydrogen-bond donors (Lipinski definition) is 0. The third kappa shape index (κ3) is 2.78. The van der Waals surface area contributed by atoms with Crippen molar-refractivity contribution in [1.29, 1.82) is 0 Å². The normalized spacial score (nSPS) is 23.8. The van der Waals surface area contributed by atoms with Gasteiger partial charge in [0.2, 0.25) is 5.91 Å². The molecular weight excluding hydrogens is 337 g/mol. The van der Waals surface area contributed by atoms with Gasteiger partial charge in [-0.25, -0.2) is 4.39 Å². The summed E-state index contributed by atoms with van der Waals surface area (Å²) in [7, 11) is 1.91. The SMILES string of the molecule is CN1CC(=O)N(c2cccc(F)c2)CC12CCN(C(=O)c1ccoc1)C2. The van der Waals surface area contributed by atoms with Crippen LogP contribution in [0.15, 0.2) is 47.3 Å². The first kappa shape index (κ1) is 16.8. The molecule has 2 aliphatic rings. The summed E-state index contributed by atoms with van der Waals surface area (Å²) >= 11 is 0. The Morgan fingerprint density at radius 3 is 2.85 bits per heavy atom. The van der Waals surface area contributed by atoms with Crippen molar-refractivity contribution in [2.45, 2.75) is 12.0 Å². The molecular formula is C19H20FN3O3. The van der Waals surface area contributed by atoms with Gasteiger partial charge in [0, 0.05) is 25.3 Å². The van der Waals surface area contributed by atoms with Crippen LogP contribution < -0.4 is 4.90 Å². The Balaban J connectivity index is 1.57. The molecule has 6 nitrogen and oxygen atoms in total. The molecule has 0 aliphatic carbocycles. The largest absolute Gasteiger partial charge is 0.472 e. The van der Waals surface area contributed by atoms with Crippen molar-refractivity contribution in [3.05, 3.63) is 54.2 Å². The van der Waals surface area contributed by atoms with Gasteiger partial charge in [0.1, 0.15) is 12.1 Å². The maximum atomic E-state index is 13.6. The van der Waals surface area contributed by atoms with Crippen LogP contribution in [0.5, 0.6) is 0 Å². The van der Waals surface area contributed by atoms with Gasteiger partial charge < -0.3 is 14.2 Å². The van der Waals surface area contributed by atoms with Crippen LogP contribution in [0.3, 0.4) is 0 Å². The number of rotatable bonds is 2. The fourth-order valence-electron chi connectivity index (χ4n) is 3.88. The first-order valence-electron chi connectivity index (χ1n) is 8.57. The number of anilines is 1. The zero-order chi connectivity index (χ0) is 18.3. The van der Waals surface area contributed by atoms with E-state index in [2.05, 4.69) is 0 Å². The van der Waals surface area contributed by atoms with E-state index < -0.39 is 0 Å². The Morgan fingerprint density at radius 2 is 2.12 bits per heavy atom. The van der Waals surface area contributed by atoms with Crippen molar-refractivity contribution in [1.82, 2.24) is 9.80 Å². The second kappa shape index (κ2) is 6.25. The third-order valence-corrected chi connectivity index (χ3v) is 5.44. The molecule has 2 aromatic rings. The average molecular weight is 357 g/mol. The molecule has 7 heteroatoms. The second-order valence-electron chi connectivity index (χ2n) is 7.03. The summed E-state index contributed by atoms with van der Waals surface area (Å²) in [6, 6.07) is 7.73. The lowest BCUT2D eigenvalue weighted by Crippen LogP contribution is -2.64. The quantitative estimate of drug-likeness (QED) is 0.825. The van der Waals surface area contributed by atoms with Crippen molar-refractivity contribution < 1.29 is 18.4 Å². The first-order chi connectivity index (χ1) is 12.5. The van der Waals surface area contributed by atoms with Crippen LogP contribution in [-0.2, 0) is 4.79 Å². The van der Waals surface area contributed by atoms with Crippen LogP contribution >= 0.6 is 0 Å². The summed E-state index contributed by atoms with van der Waals surface area (Å²) in [6.45, 7) is 1.80. The lowest BCUT2D eigenvalue weighted by molar-refractivity contribution is -0.123. The van der Waals surface area contributed by atoms with Crippen LogP contribution in [0.4, 0.5) is 10.1 Å². The minimum atomic E-state index is -0.369. The molecule has 0 bridgehead atoms. The number of likely N-dealkylation sites (tertiary alicyclic amines) is 1. The molecule has 1 unspecified atom stereocenters. The van der Waals surface area contributed by atoms with Gasteiger partial charge in [0.15, 0.2) is 0 Å². The lowest BCUT2D eigenvalue weighted by Gasteiger charge is -2.46. The molecule has 26 heavy (non-hydrogen) atoms. The number of piperazine rings is 1. The van der Waals surface area contributed by atoms with Crippen LogP contribution in [0.25, 0.3) is 0 Å². The Hall–Kier alpha value is -2.67. The maximum Gasteiger partial charge on any atom is 0.257 e. The summed E-state index contributed by atoms with van der Waals surface area (Å²) < 4.78 is 18.6. The zero-order valence-electron chi connectivity index (χ0n) is 14.5. The summed E-state index contributed by atoms with van der Waals surface area (Å²) in [4.78, 5) is 30.6. The average Bonchev–Trinajstić information content (AvgIpc) is 3.29. The predicted molar refractivity (Wildman–Crippen MR) is 93.3 cm³/mol. The standard InChI is InChI=1S/C19H20FN3O3/c1-21-10-17(24)23(16-4-2-3-15(20)9-16)13-19(21)6-7-22(12-19)18(25)14-5-8-26-11-14/h2-5,8-9,11H,6-7,10,12-13H2,1H3. The van der Waals surface area contributed by atoms with Gasteiger partial charge in [0.25, 0.3) is 5.91 Å². The molecule has 136 valence electrons. The van der Waals surface area contributed by atoms with Crippen molar-refractivity contribution in [3.63, 3.8) is 0 Å². The van der Waals surface area contributed by atoms with E-state index in [-0.39, 0.29) is 29.7 Å². The van der Waals surface area contributed by atoms with E-state index in [0.717, 1.165) is 6.42 Å². The van der Waals surface area contributed by atoms with Crippen LogP contribution in [-0.4, -0.2) is 60.4 Å². The van der Waals surface area contributed by atoms with E-state index in [4.69, 9.17) is 4.42 Å². The van der Waals surface area contributed by atoms with Crippen molar-refractivity contribution in [2.75, 3.05) is 38.1 Å². The molecule has 1 aromatic heterocycles. The van der Waals surface area contributed by atoms with Gasteiger partial charge in [-0.3, -0.25) is 14.5 Å². The molecule has 1 aromatic carbocycles. The summed E-state index contributed by atoms with van der Waals surface area (Å²) in [5.74, 6) is -0.506. The van der Waals surface area contributed by atoms with E-state index in [0.29, 0.717) is 30.9 Å². The second-order valence-corrected chi connectivity index (χ2v) is 7.03. The fourth-order valence-corrected chi connectivity index (χ4v) is 3.88. The molecule has 0 saturated carbocycles. The highest BCUT2D eigenvalue weighted by Crippen LogP contribution is 2.34. The molecule has 2 aliphatic heterocycles. The van der Waals surface area contributed by atoms with Gasteiger partial charge in [-0.05, 0) is 37.7 Å². The molecule has 1 spiro atoms. The number of carbonyl (C=O) groups excluding carboxylic acids is 2. The zero-order valence-corrected chi connectivity index (χ0v) is 14.5. The first-order valence-corrected chi connectivity index (χ1v) is 8.57. The van der Waals surface area contributed by atoms with Gasteiger partial charge in [-0.1, -0.05) is 6.07 Å². The Kier molecular flexibility index (Phi) is 4.03. The molecule has 0 radical (unpaired) electrons. The van der Waals surface area contributed by atoms with Crippen molar-refractivity contribution in [2.24, 2.45) is 0 Å². The predicted octanol–water partition coefficient (Wildman–Crippen LogP) is 1.98. The summed E-state index contributed by atoms with van der Waals surface area (Å²) in [5, 5.41) is 0. The van der Waals surface area contributed by atoms with E-state index >= 15 is 0 Å². The van der Waals surface area contributed by atoms with E-state index in [9.17, 15) is 14.0 Å². The Morgan fingerprint density at radius 1 is 1.27 bits per heavy atom. The fraction of sp³-hybridized carbons (Fsp3) is 0.368. The third-order valence-electron chi connectivity index (χ3n) is 5.44. The molecule has 1 atom stereocenters. The van der Waals surface area contributed by atoms with Crippen LogP contribution in [0.2, 0.25) is 0 Å². The van der Waals surface area contributed by atoms with Gasteiger partial charge in [-0.2, -0.15) is 0 Å². The summed E-state index contributed by atoms with van der Waals surface area (Å²) in [6.07, 6.45) is 3.68. The number of likely N-dealkylation sites (N-methyl/N-ethyl adjacent to an activating group) is 1. The highest BCUT2D eigenvalue weighted by atomic mass is 19.1. The Bertz CT molecular complexity index is 838. The topological polar surface area (TPSA) is 57.0 Å². The number of hydrogen-bond acceptors (Lipinski definition) is 4. The smallest absolute Gasteiger partial charge is 0.257 e. The monoisotopic (exact) mass is 357 g/mol. The van der Waals surface area contributed by atoms with E-state index in [1.165, 1.54) is 24.7 Å². The Labute approximate surface area is 150 Å². The van der Waals surface area contributed by atoms with Gasteiger partial charge in [0.05, 0.1) is 23.9 Å². The molecule has 4 rings (SSSR count). The number of nitrogens with zero attached hydrogens (tertiary/aromatic N) is 3. The number of carbonyl (C=O) groups is 2. The van der Waals surface area contributed by atoms with E-state index in [1.54, 1.807) is 28.0 Å². The number of benzene rings is 1. The molecule has 2 fully saturated rings. The van der Waals surface area contributed by atoms with Crippen LogP contribution in [0.1, 0.15) is 16.8 Å². The highest BCUT2D eigenvalue weighted by Gasteiger charge is 2.48. The van der Waals surface area contributed by atoms with Gasteiger partial charge >= 0.3 is 0 Å². The molecule has 3 heterocycles. The van der Waals surface area contributed by atoms with Crippen molar-refractivity contribution >= 4 is 17.5 Å². The lowest BCUT2D eigenvalue weighted by atomic mass is 9.92. The molecule has 2 saturated heterocycles. The number of furan rings is 1. The highest BCUT2D eigenvalue weighted by molar-refractivity contribution is 5.96. The maximum absolute atomic E-state index is 13.6. The molecule has 2 amide bonds. The van der Waals surface area contributed by atoms with Crippen molar-refractivity contribution in [3.8, 4) is 0 Å².